The Morgan fingerprint density at radius 3 is 2.75 bits per heavy atom. The molecule has 1 aromatic heterocycles. The number of hydrogen-bond acceptors (Lipinski definition) is 4. The van der Waals surface area contributed by atoms with Crippen LogP contribution in [0.1, 0.15) is 33.6 Å². The third-order valence-corrected chi connectivity index (χ3v) is 4.24. The molecule has 0 spiro atoms. The number of piperidine rings is 1. The third kappa shape index (κ3) is 4.71. The smallest absolute Gasteiger partial charge is 0.410 e. The zero-order chi connectivity index (χ0) is 14.6. The van der Waals surface area contributed by atoms with Gasteiger partial charge in [0.2, 0.25) is 0 Å². The SMILES string of the molecule is CC(C)(C)OC(=O)N1CCC[C@@H](Sc2ccncc2)C1. The lowest BCUT2D eigenvalue weighted by molar-refractivity contribution is 0.0220. The first-order valence-corrected chi connectivity index (χ1v) is 7.86. The van der Waals surface area contributed by atoms with Gasteiger partial charge in [0.05, 0.1) is 0 Å². The highest BCUT2D eigenvalue weighted by molar-refractivity contribution is 8.00. The van der Waals surface area contributed by atoms with Gasteiger partial charge in [-0.15, -0.1) is 11.8 Å². The number of carbonyl (C=O) groups is 1. The van der Waals surface area contributed by atoms with Crippen LogP contribution in [-0.2, 0) is 4.74 Å². The Hall–Kier alpha value is -1.23. The lowest BCUT2D eigenvalue weighted by Gasteiger charge is -2.33. The standard InChI is InChI=1S/C15H22N2O2S/c1-15(2,3)19-14(18)17-10-4-5-13(11-17)20-12-6-8-16-9-7-12/h6-9,13H,4-5,10-11H2,1-3H3/t13-/m1/s1. The van der Waals surface area contributed by atoms with Crippen LogP contribution >= 0.6 is 11.8 Å². The number of rotatable bonds is 2. The van der Waals surface area contributed by atoms with Crippen LogP contribution in [0.5, 0.6) is 0 Å². The van der Waals surface area contributed by atoms with Gasteiger partial charge in [-0.25, -0.2) is 4.79 Å². The quantitative estimate of drug-likeness (QED) is 0.836. The van der Waals surface area contributed by atoms with Gasteiger partial charge in [-0.3, -0.25) is 4.98 Å². The van der Waals surface area contributed by atoms with Crippen LogP contribution in [0.25, 0.3) is 0 Å². The molecule has 0 bridgehead atoms. The molecular weight excluding hydrogens is 272 g/mol. The normalized spacial score (nSPS) is 19.8. The van der Waals surface area contributed by atoms with Crippen molar-refractivity contribution in [3.63, 3.8) is 0 Å². The second kappa shape index (κ2) is 6.48. The number of likely N-dealkylation sites (tertiary alicyclic amines) is 1. The highest BCUT2D eigenvalue weighted by Crippen LogP contribution is 2.29. The molecule has 0 N–H and O–H groups in total. The Kier molecular flexibility index (Phi) is 4.91. The fourth-order valence-electron chi connectivity index (χ4n) is 2.14. The first kappa shape index (κ1) is 15.2. The van der Waals surface area contributed by atoms with Crippen molar-refractivity contribution in [3.05, 3.63) is 24.5 Å². The van der Waals surface area contributed by atoms with Crippen molar-refractivity contribution in [2.75, 3.05) is 13.1 Å². The van der Waals surface area contributed by atoms with Crippen LogP contribution in [0.15, 0.2) is 29.4 Å². The molecule has 2 rings (SSSR count). The summed E-state index contributed by atoms with van der Waals surface area (Å²) in [6.07, 6.45) is 5.57. The largest absolute Gasteiger partial charge is 0.444 e. The molecule has 1 aliphatic rings. The number of amides is 1. The van der Waals surface area contributed by atoms with Crippen LogP contribution < -0.4 is 0 Å². The Morgan fingerprint density at radius 2 is 2.10 bits per heavy atom. The van der Waals surface area contributed by atoms with Crippen LogP contribution in [0, 0.1) is 0 Å². The monoisotopic (exact) mass is 294 g/mol. The van der Waals surface area contributed by atoms with E-state index in [1.807, 2.05) is 49.6 Å². The molecule has 0 saturated carbocycles. The van der Waals surface area contributed by atoms with Crippen LogP contribution in [0.2, 0.25) is 0 Å². The summed E-state index contributed by atoms with van der Waals surface area (Å²) in [6, 6.07) is 4.02. The molecule has 1 aliphatic heterocycles. The number of pyridine rings is 1. The van der Waals surface area contributed by atoms with E-state index in [0.717, 1.165) is 25.9 Å². The zero-order valence-corrected chi connectivity index (χ0v) is 13.2. The zero-order valence-electron chi connectivity index (χ0n) is 12.3. The fraction of sp³-hybridized carbons (Fsp3) is 0.600. The molecule has 1 aromatic rings. The van der Waals surface area contributed by atoms with Gasteiger partial charge < -0.3 is 9.64 Å². The Labute approximate surface area is 124 Å². The molecule has 0 aromatic carbocycles. The molecule has 110 valence electrons. The van der Waals surface area contributed by atoms with Crippen molar-refractivity contribution in [3.8, 4) is 0 Å². The number of ether oxygens (including phenoxy) is 1. The van der Waals surface area contributed by atoms with Crippen molar-refractivity contribution in [1.82, 2.24) is 9.88 Å². The van der Waals surface area contributed by atoms with Crippen LogP contribution in [0.3, 0.4) is 0 Å². The first-order chi connectivity index (χ1) is 9.44. The highest BCUT2D eigenvalue weighted by atomic mass is 32.2. The summed E-state index contributed by atoms with van der Waals surface area (Å²) in [7, 11) is 0. The van der Waals surface area contributed by atoms with Gasteiger partial charge >= 0.3 is 6.09 Å². The van der Waals surface area contributed by atoms with Gasteiger partial charge in [0.1, 0.15) is 5.60 Å². The summed E-state index contributed by atoms with van der Waals surface area (Å²) in [5, 5.41) is 0.429. The average molecular weight is 294 g/mol. The summed E-state index contributed by atoms with van der Waals surface area (Å²) < 4.78 is 5.44. The summed E-state index contributed by atoms with van der Waals surface area (Å²) in [5.41, 5.74) is -0.428. The maximum absolute atomic E-state index is 12.1. The van der Waals surface area contributed by atoms with E-state index in [1.54, 1.807) is 12.4 Å². The Morgan fingerprint density at radius 1 is 1.40 bits per heavy atom. The minimum Gasteiger partial charge on any atom is -0.444 e. The summed E-state index contributed by atoms with van der Waals surface area (Å²) in [4.78, 5) is 19.2. The lowest BCUT2D eigenvalue weighted by Crippen LogP contribution is -2.43. The van der Waals surface area contributed by atoms with Gasteiger partial charge in [0.15, 0.2) is 0 Å². The van der Waals surface area contributed by atoms with Crippen molar-refractivity contribution < 1.29 is 9.53 Å². The van der Waals surface area contributed by atoms with E-state index in [1.165, 1.54) is 4.90 Å². The molecule has 5 heteroatoms. The van der Waals surface area contributed by atoms with Crippen LogP contribution in [0.4, 0.5) is 4.79 Å². The summed E-state index contributed by atoms with van der Waals surface area (Å²) in [6.45, 7) is 7.25. The number of nitrogens with zero attached hydrogens (tertiary/aromatic N) is 2. The minimum absolute atomic E-state index is 0.197. The molecule has 20 heavy (non-hydrogen) atoms. The maximum Gasteiger partial charge on any atom is 0.410 e. The van der Waals surface area contributed by atoms with E-state index in [4.69, 9.17) is 4.74 Å². The van der Waals surface area contributed by atoms with Gasteiger partial charge in [0, 0.05) is 35.6 Å². The molecule has 1 saturated heterocycles. The number of aromatic nitrogens is 1. The molecule has 4 nitrogen and oxygen atoms in total. The molecule has 1 atom stereocenters. The summed E-state index contributed by atoms with van der Waals surface area (Å²) >= 11 is 1.81. The number of carbonyl (C=O) groups excluding carboxylic acids is 1. The molecule has 0 unspecified atom stereocenters. The lowest BCUT2D eigenvalue weighted by atomic mass is 10.1. The Bertz CT molecular complexity index is 445. The third-order valence-electron chi connectivity index (χ3n) is 2.98. The topological polar surface area (TPSA) is 42.4 Å². The number of thioether (sulfide) groups is 1. The van der Waals surface area contributed by atoms with E-state index >= 15 is 0 Å². The highest BCUT2D eigenvalue weighted by Gasteiger charge is 2.27. The molecule has 0 radical (unpaired) electrons. The van der Waals surface area contributed by atoms with Gasteiger partial charge in [-0.2, -0.15) is 0 Å². The van der Waals surface area contributed by atoms with E-state index in [-0.39, 0.29) is 6.09 Å². The fourth-order valence-corrected chi connectivity index (χ4v) is 3.34. The maximum atomic E-state index is 12.1. The minimum atomic E-state index is -0.428. The van der Waals surface area contributed by atoms with Gasteiger partial charge in [-0.05, 0) is 45.7 Å². The van der Waals surface area contributed by atoms with Crippen LogP contribution in [-0.4, -0.2) is 39.9 Å². The van der Waals surface area contributed by atoms with Gasteiger partial charge in [-0.1, -0.05) is 0 Å². The first-order valence-electron chi connectivity index (χ1n) is 6.99. The molecule has 1 amide bonds. The van der Waals surface area contributed by atoms with E-state index in [2.05, 4.69) is 4.98 Å². The Balaban J connectivity index is 1.90. The molecule has 0 aliphatic carbocycles. The van der Waals surface area contributed by atoms with Crippen molar-refractivity contribution in [2.45, 2.75) is 49.4 Å². The van der Waals surface area contributed by atoms with Crippen molar-refractivity contribution in [1.29, 1.82) is 0 Å². The van der Waals surface area contributed by atoms with Crippen molar-refractivity contribution in [2.24, 2.45) is 0 Å². The predicted molar refractivity (Wildman–Crippen MR) is 80.9 cm³/mol. The van der Waals surface area contributed by atoms with Crippen molar-refractivity contribution >= 4 is 17.9 Å². The second-order valence-corrected chi connectivity index (χ2v) is 7.37. The average Bonchev–Trinajstić information content (AvgIpc) is 2.38. The molecule has 1 fully saturated rings. The van der Waals surface area contributed by atoms with E-state index in [0.29, 0.717) is 5.25 Å². The molecular formula is C15H22N2O2S. The van der Waals surface area contributed by atoms with E-state index < -0.39 is 5.60 Å². The number of hydrogen-bond donors (Lipinski definition) is 0. The second-order valence-electron chi connectivity index (χ2n) is 5.99. The predicted octanol–water partition coefficient (Wildman–Crippen LogP) is 3.57. The summed E-state index contributed by atoms with van der Waals surface area (Å²) in [5.74, 6) is 0. The van der Waals surface area contributed by atoms with Gasteiger partial charge in [0.25, 0.3) is 0 Å². The van der Waals surface area contributed by atoms with E-state index in [9.17, 15) is 4.79 Å². The molecule has 2 heterocycles.